The minimum absolute atomic E-state index is 0.0895. The Balaban J connectivity index is -0.000000360. The quantitative estimate of drug-likeness (QED) is 0.240. The van der Waals surface area contributed by atoms with Gasteiger partial charge in [0.05, 0.1) is 6.61 Å². The number of ether oxygens (including phenoxy) is 1. The van der Waals surface area contributed by atoms with Crippen molar-refractivity contribution in [3.8, 4) is 0 Å². The van der Waals surface area contributed by atoms with Crippen molar-refractivity contribution in [2.24, 2.45) is 0 Å². The molecular weight excluding hydrogens is 252 g/mol. The average molecular weight is 272 g/mol. The molecule has 108 valence electrons. The standard InChI is InChI=1S/C10H18O3.2CHNO/c1-3-4-5-6-7-13-10(12)8-9(2)11;2*2-1-3/h3-8H2,1-2H3;2*2H. The van der Waals surface area contributed by atoms with E-state index in [4.69, 9.17) is 25.1 Å². The van der Waals surface area contributed by atoms with E-state index >= 15 is 0 Å². The highest BCUT2D eigenvalue weighted by Crippen LogP contribution is 1.99. The van der Waals surface area contributed by atoms with Gasteiger partial charge in [-0.3, -0.25) is 9.59 Å². The van der Waals surface area contributed by atoms with Crippen molar-refractivity contribution >= 4 is 23.9 Å². The molecule has 0 radical (unpaired) electrons. The Bertz CT molecular complexity index is 291. The fourth-order valence-corrected chi connectivity index (χ4v) is 0.969. The summed E-state index contributed by atoms with van der Waals surface area (Å²) in [6.07, 6.45) is 5.74. The number of isocyanates is 2. The zero-order valence-corrected chi connectivity index (χ0v) is 11.3. The predicted octanol–water partition coefficient (Wildman–Crippen LogP) is 1.89. The lowest BCUT2D eigenvalue weighted by Crippen LogP contribution is -2.09. The normalized spacial score (nSPS) is 7.47. The van der Waals surface area contributed by atoms with Crippen LogP contribution in [0.1, 0.15) is 46.0 Å². The molecule has 0 fully saturated rings. The van der Waals surface area contributed by atoms with Crippen molar-refractivity contribution < 1.29 is 23.9 Å². The Morgan fingerprint density at radius 3 is 1.89 bits per heavy atom. The van der Waals surface area contributed by atoms with E-state index in [1.54, 1.807) is 0 Å². The maximum atomic E-state index is 10.8. The fraction of sp³-hybridized carbons (Fsp3) is 0.667. The van der Waals surface area contributed by atoms with Crippen LogP contribution in [0.2, 0.25) is 0 Å². The highest BCUT2D eigenvalue weighted by Gasteiger charge is 2.04. The van der Waals surface area contributed by atoms with E-state index in [1.807, 2.05) is 0 Å². The number of nitrogens with one attached hydrogen (secondary N) is 2. The molecule has 7 nitrogen and oxygen atoms in total. The lowest BCUT2D eigenvalue weighted by atomic mass is 10.2. The highest BCUT2D eigenvalue weighted by atomic mass is 16.5. The smallest absolute Gasteiger partial charge is 0.313 e. The molecule has 19 heavy (non-hydrogen) atoms. The third-order valence-electron chi connectivity index (χ3n) is 1.65. The van der Waals surface area contributed by atoms with E-state index < -0.39 is 5.97 Å². The van der Waals surface area contributed by atoms with Gasteiger partial charge in [0.1, 0.15) is 12.2 Å². The van der Waals surface area contributed by atoms with Crippen molar-refractivity contribution in [3.05, 3.63) is 0 Å². The number of Topliss-reactive ketones (excluding diaryl/α,β-unsaturated/α-hetero) is 1. The largest absolute Gasteiger partial charge is 0.465 e. The monoisotopic (exact) mass is 272 g/mol. The minimum Gasteiger partial charge on any atom is -0.465 e. The number of ketones is 1. The number of carbonyl (C=O) groups excluding carboxylic acids is 4. The number of hydrogen-bond donors (Lipinski definition) is 2. The van der Waals surface area contributed by atoms with Gasteiger partial charge in [0.25, 0.3) is 0 Å². The maximum absolute atomic E-state index is 10.8. The third-order valence-corrected chi connectivity index (χ3v) is 1.65. The maximum Gasteiger partial charge on any atom is 0.313 e. The summed E-state index contributed by atoms with van der Waals surface area (Å²) in [6, 6.07) is 0. The molecule has 0 aliphatic rings. The molecule has 0 atom stereocenters. The molecule has 0 bridgehead atoms. The van der Waals surface area contributed by atoms with Crippen LogP contribution in [0.15, 0.2) is 0 Å². The fourth-order valence-electron chi connectivity index (χ4n) is 0.969. The van der Waals surface area contributed by atoms with Crippen LogP contribution in [0.25, 0.3) is 0 Å². The number of rotatable bonds is 7. The molecular formula is C12H20N2O5. The summed E-state index contributed by atoms with van der Waals surface area (Å²) < 4.78 is 4.84. The zero-order chi connectivity index (χ0) is 15.5. The second-order valence-electron chi connectivity index (χ2n) is 3.36. The summed E-state index contributed by atoms with van der Waals surface area (Å²) >= 11 is 0. The molecule has 0 saturated heterocycles. The Labute approximate surface area is 112 Å². The second-order valence-corrected chi connectivity index (χ2v) is 3.36. The molecule has 0 aromatic rings. The van der Waals surface area contributed by atoms with E-state index in [2.05, 4.69) is 6.92 Å². The minimum atomic E-state index is -0.399. The first-order valence-electron chi connectivity index (χ1n) is 5.72. The number of carbonyl (C=O) groups is 2. The summed E-state index contributed by atoms with van der Waals surface area (Å²) in [5.41, 5.74) is 0. The molecule has 0 spiro atoms. The summed E-state index contributed by atoms with van der Waals surface area (Å²) in [7, 11) is 0. The molecule has 0 rings (SSSR count). The van der Waals surface area contributed by atoms with Gasteiger partial charge in [-0.2, -0.15) is 0 Å². The summed E-state index contributed by atoms with van der Waals surface area (Å²) in [5.74, 6) is -0.539. The van der Waals surface area contributed by atoms with Crippen LogP contribution in [0.4, 0.5) is 0 Å². The first-order chi connectivity index (χ1) is 8.99. The first-order valence-corrected chi connectivity index (χ1v) is 5.72. The topological polar surface area (TPSA) is 125 Å². The average Bonchev–Trinajstić information content (AvgIpc) is 2.30. The zero-order valence-electron chi connectivity index (χ0n) is 11.3. The number of esters is 1. The van der Waals surface area contributed by atoms with Gasteiger partial charge in [0.2, 0.25) is 12.2 Å². The van der Waals surface area contributed by atoms with Gasteiger partial charge in [-0.05, 0) is 13.3 Å². The van der Waals surface area contributed by atoms with Crippen LogP contribution in [0, 0.1) is 10.8 Å². The molecule has 0 amide bonds. The van der Waals surface area contributed by atoms with Crippen molar-refractivity contribution in [2.45, 2.75) is 46.0 Å². The Morgan fingerprint density at radius 1 is 1.05 bits per heavy atom. The van der Waals surface area contributed by atoms with Crippen LogP contribution >= 0.6 is 0 Å². The van der Waals surface area contributed by atoms with Crippen LogP contribution in [-0.4, -0.2) is 30.5 Å². The lowest BCUT2D eigenvalue weighted by molar-refractivity contribution is -0.145. The first kappa shape index (κ1) is 22.1. The Hall–Kier alpha value is -2.10. The van der Waals surface area contributed by atoms with Gasteiger partial charge in [-0.25, -0.2) is 20.4 Å². The molecule has 0 aliphatic carbocycles. The van der Waals surface area contributed by atoms with Crippen LogP contribution in [0.3, 0.4) is 0 Å². The van der Waals surface area contributed by atoms with E-state index in [0.29, 0.717) is 6.61 Å². The molecule has 0 saturated carbocycles. The van der Waals surface area contributed by atoms with Crippen LogP contribution in [-0.2, 0) is 23.9 Å². The number of hydrogen-bond acceptors (Lipinski definition) is 7. The van der Waals surface area contributed by atoms with Gasteiger partial charge in [-0.1, -0.05) is 26.2 Å². The van der Waals surface area contributed by atoms with Gasteiger partial charge in [0, 0.05) is 0 Å². The van der Waals surface area contributed by atoms with E-state index in [9.17, 15) is 9.59 Å². The van der Waals surface area contributed by atoms with Crippen LogP contribution in [0.5, 0.6) is 0 Å². The van der Waals surface area contributed by atoms with Crippen molar-refractivity contribution in [1.29, 1.82) is 10.8 Å². The van der Waals surface area contributed by atoms with Gasteiger partial charge >= 0.3 is 5.97 Å². The summed E-state index contributed by atoms with van der Waals surface area (Å²) in [4.78, 5) is 38.0. The molecule has 0 aliphatic heterocycles. The molecule has 2 N–H and O–H groups in total. The lowest BCUT2D eigenvalue weighted by Gasteiger charge is -2.02. The second kappa shape index (κ2) is 21.2. The summed E-state index contributed by atoms with van der Waals surface area (Å²) in [6.45, 7) is 3.96. The predicted molar refractivity (Wildman–Crippen MR) is 67.2 cm³/mol. The summed E-state index contributed by atoms with van der Waals surface area (Å²) in [5, 5.41) is 10.8. The van der Waals surface area contributed by atoms with E-state index in [-0.39, 0.29) is 12.2 Å². The number of unbranched alkanes of at least 4 members (excludes halogenated alkanes) is 3. The molecule has 0 aromatic carbocycles. The molecule has 7 heteroatoms. The SMILES string of the molecule is CCCCCCOC(=O)CC(C)=O.N=C=O.N=C=O. The Morgan fingerprint density at radius 2 is 1.53 bits per heavy atom. The highest BCUT2D eigenvalue weighted by molar-refractivity contribution is 5.94. The van der Waals surface area contributed by atoms with E-state index in [1.165, 1.54) is 19.8 Å². The van der Waals surface area contributed by atoms with Crippen molar-refractivity contribution in [1.82, 2.24) is 0 Å². The van der Waals surface area contributed by atoms with Gasteiger partial charge < -0.3 is 4.74 Å². The van der Waals surface area contributed by atoms with Crippen molar-refractivity contribution in [2.75, 3.05) is 6.61 Å². The van der Waals surface area contributed by atoms with Gasteiger partial charge in [-0.15, -0.1) is 0 Å². The molecule has 0 aromatic heterocycles. The van der Waals surface area contributed by atoms with Crippen LogP contribution < -0.4 is 0 Å². The third kappa shape index (κ3) is 38.8. The van der Waals surface area contributed by atoms with E-state index in [0.717, 1.165) is 25.0 Å². The molecule has 0 heterocycles. The molecule has 0 unspecified atom stereocenters. The van der Waals surface area contributed by atoms with Gasteiger partial charge in [0.15, 0.2) is 0 Å². The van der Waals surface area contributed by atoms with Crippen molar-refractivity contribution in [3.63, 3.8) is 0 Å². The Kier molecular flexibility index (Phi) is 24.7.